The van der Waals surface area contributed by atoms with Gasteiger partial charge in [0, 0.05) is 18.7 Å². The van der Waals surface area contributed by atoms with Gasteiger partial charge in [-0.05, 0) is 68.4 Å². The number of aryl methyl sites for hydroxylation is 2. The van der Waals surface area contributed by atoms with Crippen LogP contribution < -0.4 is 10.1 Å². The van der Waals surface area contributed by atoms with Crippen LogP contribution in [0.5, 0.6) is 5.75 Å². The summed E-state index contributed by atoms with van der Waals surface area (Å²) in [6.45, 7) is 3.46. The average Bonchev–Trinajstić information content (AvgIpc) is 2.81. The molecule has 2 aliphatic rings. The zero-order valence-corrected chi connectivity index (χ0v) is 18.7. The van der Waals surface area contributed by atoms with Crippen LogP contribution in [0.1, 0.15) is 53.6 Å². The maximum Gasteiger partial charge on any atom is 0.253 e. The number of nitrogens with one attached hydrogen (secondary N) is 1. The van der Waals surface area contributed by atoms with Crippen molar-refractivity contribution in [1.29, 1.82) is 0 Å². The van der Waals surface area contributed by atoms with Gasteiger partial charge in [-0.3, -0.25) is 9.59 Å². The van der Waals surface area contributed by atoms with Gasteiger partial charge in [-0.25, -0.2) is 4.39 Å². The Kier molecular flexibility index (Phi) is 6.77. The quantitative estimate of drug-likeness (QED) is 0.723. The molecule has 32 heavy (non-hydrogen) atoms. The first kappa shape index (κ1) is 22.3. The van der Waals surface area contributed by atoms with Crippen molar-refractivity contribution < 1.29 is 18.7 Å². The second-order valence-corrected chi connectivity index (χ2v) is 8.99. The number of likely N-dealkylation sites (tertiary alicyclic amines) is 1. The van der Waals surface area contributed by atoms with Crippen molar-refractivity contribution >= 4 is 11.8 Å². The first-order chi connectivity index (χ1) is 15.5. The van der Waals surface area contributed by atoms with Crippen LogP contribution in [0.25, 0.3) is 0 Å². The number of rotatable bonds is 1. The van der Waals surface area contributed by atoms with Gasteiger partial charge in [-0.2, -0.15) is 0 Å². The molecule has 1 fully saturated rings. The Morgan fingerprint density at radius 1 is 1.12 bits per heavy atom. The first-order valence-corrected chi connectivity index (χ1v) is 11.5. The lowest BCUT2D eigenvalue weighted by Crippen LogP contribution is -2.54. The monoisotopic (exact) mass is 438 g/mol. The minimum atomic E-state index is -0.615. The van der Waals surface area contributed by atoms with Gasteiger partial charge in [0.05, 0.1) is 12.0 Å². The Morgan fingerprint density at radius 3 is 2.78 bits per heavy atom. The van der Waals surface area contributed by atoms with Crippen molar-refractivity contribution in [3.63, 3.8) is 0 Å². The SMILES string of the molecule is Cc1ccc(C(=O)N2CCCC3(CCCCc4ccccc4OCCNC3=O)C2)cc1F. The zero-order valence-electron chi connectivity index (χ0n) is 18.7. The zero-order chi connectivity index (χ0) is 22.6. The minimum absolute atomic E-state index is 0.0115. The van der Waals surface area contributed by atoms with E-state index in [0.717, 1.165) is 44.3 Å². The predicted octanol–water partition coefficient (Wildman–Crippen LogP) is 4.28. The van der Waals surface area contributed by atoms with Crippen LogP contribution >= 0.6 is 0 Å². The van der Waals surface area contributed by atoms with Crippen LogP contribution in [0.2, 0.25) is 0 Å². The fraction of sp³-hybridized carbons (Fsp3) is 0.462. The molecule has 4 rings (SSSR count). The third-order valence-electron chi connectivity index (χ3n) is 6.73. The maximum atomic E-state index is 14.0. The topological polar surface area (TPSA) is 58.6 Å². The second kappa shape index (κ2) is 9.72. The van der Waals surface area contributed by atoms with E-state index in [-0.39, 0.29) is 17.6 Å². The van der Waals surface area contributed by atoms with Gasteiger partial charge in [-0.15, -0.1) is 0 Å². The Balaban J connectivity index is 1.50. The summed E-state index contributed by atoms with van der Waals surface area (Å²) in [7, 11) is 0. The van der Waals surface area contributed by atoms with E-state index in [9.17, 15) is 14.0 Å². The fourth-order valence-corrected chi connectivity index (χ4v) is 4.86. The summed E-state index contributed by atoms with van der Waals surface area (Å²) in [5.41, 5.74) is 1.42. The highest BCUT2D eigenvalue weighted by atomic mass is 19.1. The van der Waals surface area contributed by atoms with Crippen LogP contribution in [0.15, 0.2) is 42.5 Å². The van der Waals surface area contributed by atoms with Crippen LogP contribution in [0.3, 0.4) is 0 Å². The molecule has 5 nitrogen and oxygen atoms in total. The van der Waals surface area contributed by atoms with Gasteiger partial charge in [0.2, 0.25) is 5.91 Å². The van der Waals surface area contributed by atoms with E-state index in [1.54, 1.807) is 24.0 Å². The number of amides is 2. The molecule has 1 atom stereocenters. The Bertz CT molecular complexity index is 993. The lowest BCUT2D eigenvalue weighted by Gasteiger charge is -2.42. The van der Waals surface area contributed by atoms with Crippen LogP contribution in [0.4, 0.5) is 4.39 Å². The Labute approximate surface area is 188 Å². The minimum Gasteiger partial charge on any atom is -0.491 e. The number of benzene rings is 2. The van der Waals surface area contributed by atoms with Gasteiger partial charge < -0.3 is 15.0 Å². The molecule has 2 aliphatic heterocycles. The number of ether oxygens (including phenoxy) is 1. The molecular formula is C26H31FN2O3. The molecule has 0 aromatic heterocycles. The number of piperidine rings is 1. The molecule has 1 saturated heterocycles. The summed E-state index contributed by atoms with van der Waals surface area (Å²) in [4.78, 5) is 28.1. The number of hydrogen-bond acceptors (Lipinski definition) is 3. The Morgan fingerprint density at radius 2 is 1.94 bits per heavy atom. The van der Waals surface area contributed by atoms with Gasteiger partial charge in [0.25, 0.3) is 5.91 Å². The molecule has 6 heteroatoms. The van der Waals surface area contributed by atoms with Gasteiger partial charge in [0.1, 0.15) is 18.2 Å². The number of fused-ring (bicyclic) bond motifs is 1. The van der Waals surface area contributed by atoms with E-state index in [4.69, 9.17) is 4.74 Å². The third-order valence-corrected chi connectivity index (χ3v) is 6.73. The normalized spacial score (nSPS) is 22.2. The molecular weight excluding hydrogens is 407 g/mol. The molecule has 1 spiro atoms. The first-order valence-electron chi connectivity index (χ1n) is 11.5. The molecule has 170 valence electrons. The van der Waals surface area contributed by atoms with E-state index in [2.05, 4.69) is 11.4 Å². The molecule has 1 N–H and O–H groups in total. The summed E-state index contributed by atoms with van der Waals surface area (Å²) in [6, 6.07) is 12.7. The van der Waals surface area contributed by atoms with Crippen LogP contribution in [0, 0.1) is 18.2 Å². The lowest BCUT2D eigenvalue weighted by molar-refractivity contribution is -0.134. The number of carbonyl (C=O) groups is 2. The van der Waals surface area contributed by atoms with Crippen molar-refractivity contribution in [2.24, 2.45) is 5.41 Å². The number of carbonyl (C=O) groups excluding carboxylic acids is 2. The predicted molar refractivity (Wildman–Crippen MR) is 121 cm³/mol. The summed E-state index contributed by atoms with van der Waals surface area (Å²) >= 11 is 0. The van der Waals surface area contributed by atoms with Crippen molar-refractivity contribution in [1.82, 2.24) is 10.2 Å². The van der Waals surface area contributed by atoms with Crippen molar-refractivity contribution in [2.45, 2.75) is 45.4 Å². The molecule has 2 heterocycles. The fourth-order valence-electron chi connectivity index (χ4n) is 4.86. The summed E-state index contributed by atoms with van der Waals surface area (Å²) in [5.74, 6) is 0.283. The molecule has 0 radical (unpaired) electrons. The Hall–Kier alpha value is -2.89. The van der Waals surface area contributed by atoms with Crippen LogP contribution in [-0.4, -0.2) is 43.0 Å². The molecule has 1 unspecified atom stereocenters. The van der Waals surface area contributed by atoms with E-state index in [1.807, 2.05) is 18.2 Å². The molecule has 2 amide bonds. The van der Waals surface area contributed by atoms with E-state index in [0.29, 0.717) is 37.4 Å². The van der Waals surface area contributed by atoms with E-state index >= 15 is 0 Å². The summed E-state index contributed by atoms with van der Waals surface area (Å²) in [6.07, 6.45) is 4.98. The highest BCUT2D eigenvalue weighted by Crippen LogP contribution is 2.37. The highest BCUT2D eigenvalue weighted by molar-refractivity contribution is 5.95. The van der Waals surface area contributed by atoms with Gasteiger partial charge >= 0.3 is 0 Å². The summed E-state index contributed by atoms with van der Waals surface area (Å²) < 4.78 is 19.9. The number of hydrogen-bond donors (Lipinski definition) is 1. The number of halogens is 1. The van der Waals surface area contributed by atoms with Crippen molar-refractivity contribution in [3.8, 4) is 5.75 Å². The van der Waals surface area contributed by atoms with Crippen molar-refractivity contribution in [2.75, 3.05) is 26.2 Å². The molecule has 2 aromatic carbocycles. The van der Waals surface area contributed by atoms with E-state index in [1.165, 1.54) is 11.6 Å². The van der Waals surface area contributed by atoms with Crippen molar-refractivity contribution in [3.05, 3.63) is 65.0 Å². The standard InChI is InChI=1S/C26H31FN2O3/c1-19-10-11-21(17-22(19)27)24(30)29-15-6-13-26(18-29)12-5-4-8-20-7-2-3-9-23(20)32-16-14-28-25(26)31/h2-3,7,9-11,17H,4-6,8,12-16,18H2,1H3,(H,28,31). The van der Waals surface area contributed by atoms with E-state index < -0.39 is 5.41 Å². The lowest BCUT2D eigenvalue weighted by atomic mass is 9.74. The maximum absolute atomic E-state index is 14.0. The smallest absolute Gasteiger partial charge is 0.253 e. The second-order valence-electron chi connectivity index (χ2n) is 8.99. The molecule has 0 bridgehead atoms. The molecule has 0 aliphatic carbocycles. The summed E-state index contributed by atoms with van der Waals surface area (Å²) in [5, 5.41) is 3.05. The molecule has 0 saturated carbocycles. The van der Waals surface area contributed by atoms with Gasteiger partial charge in [-0.1, -0.05) is 30.7 Å². The number of nitrogens with zero attached hydrogens (tertiary/aromatic N) is 1. The number of para-hydroxylation sites is 1. The van der Waals surface area contributed by atoms with Gasteiger partial charge in [0.15, 0.2) is 0 Å². The highest BCUT2D eigenvalue weighted by Gasteiger charge is 2.43. The van der Waals surface area contributed by atoms with Crippen LogP contribution in [-0.2, 0) is 11.2 Å². The third kappa shape index (κ3) is 4.79. The average molecular weight is 439 g/mol. The largest absolute Gasteiger partial charge is 0.491 e. The molecule has 2 aromatic rings.